The van der Waals surface area contributed by atoms with Crippen molar-refractivity contribution >= 4 is 23.2 Å². The number of hydrogen-bond acceptors (Lipinski definition) is 4. The van der Waals surface area contributed by atoms with Crippen molar-refractivity contribution in [2.75, 3.05) is 6.54 Å². The monoisotopic (exact) mass is 254 g/mol. The lowest BCUT2D eigenvalue weighted by Crippen LogP contribution is -2.43. The van der Waals surface area contributed by atoms with E-state index in [0.29, 0.717) is 4.88 Å². The number of carboxylic acids is 1. The number of aliphatic carboxylic acids is 1. The summed E-state index contributed by atoms with van der Waals surface area (Å²) in [6.07, 6.45) is 1.72. The van der Waals surface area contributed by atoms with Gasteiger partial charge in [0, 0.05) is 4.88 Å². The number of nitrogens with one attached hydrogen (secondary N) is 2. The predicted molar refractivity (Wildman–Crippen MR) is 63.9 cm³/mol. The summed E-state index contributed by atoms with van der Waals surface area (Å²) in [7, 11) is 0. The summed E-state index contributed by atoms with van der Waals surface area (Å²) < 4.78 is 0. The molecule has 0 spiro atoms. The van der Waals surface area contributed by atoms with E-state index in [2.05, 4.69) is 10.6 Å². The Morgan fingerprint density at radius 3 is 2.94 bits per heavy atom. The topological polar surface area (TPSA) is 78.4 Å². The summed E-state index contributed by atoms with van der Waals surface area (Å²) in [6.45, 7) is 0.814. The third-order valence-corrected chi connectivity index (χ3v) is 3.68. The first-order valence-electron chi connectivity index (χ1n) is 5.48. The fraction of sp³-hybridized carbons (Fsp3) is 0.455. The van der Waals surface area contributed by atoms with Crippen LogP contribution in [-0.4, -0.2) is 29.6 Å². The molecule has 2 rings (SSSR count). The molecule has 1 saturated heterocycles. The highest BCUT2D eigenvalue weighted by atomic mass is 32.1. The Balaban J connectivity index is 2.03. The number of carbonyl (C=O) groups is 2. The minimum atomic E-state index is -1.03. The van der Waals surface area contributed by atoms with Crippen molar-refractivity contribution < 1.29 is 14.7 Å². The van der Waals surface area contributed by atoms with Crippen molar-refractivity contribution in [3.8, 4) is 0 Å². The maximum absolute atomic E-state index is 11.8. The van der Waals surface area contributed by atoms with Crippen LogP contribution in [0.25, 0.3) is 0 Å². The van der Waals surface area contributed by atoms with Crippen molar-refractivity contribution in [3.05, 3.63) is 22.4 Å². The molecule has 1 fully saturated rings. The first kappa shape index (κ1) is 12.1. The van der Waals surface area contributed by atoms with Gasteiger partial charge >= 0.3 is 5.97 Å². The second kappa shape index (κ2) is 5.29. The highest BCUT2D eigenvalue weighted by Crippen LogP contribution is 2.19. The van der Waals surface area contributed by atoms with Crippen LogP contribution in [0.3, 0.4) is 0 Å². The second-order valence-corrected chi connectivity index (χ2v) is 4.92. The van der Waals surface area contributed by atoms with E-state index in [9.17, 15) is 9.59 Å². The van der Waals surface area contributed by atoms with Gasteiger partial charge in [-0.3, -0.25) is 4.79 Å². The normalized spacial score (nSPS) is 21.1. The van der Waals surface area contributed by atoms with Crippen LogP contribution in [0.5, 0.6) is 0 Å². The summed E-state index contributed by atoms with van der Waals surface area (Å²) >= 11 is 1.33. The molecule has 0 aromatic carbocycles. The first-order chi connectivity index (χ1) is 8.18. The molecule has 0 aliphatic carbocycles. The fourth-order valence-electron chi connectivity index (χ4n) is 1.86. The molecule has 6 heteroatoms. The first-order valence-corrected chi connectivity index (χ1v) is 6.36. The maximum atomic E-state index is 11.8. The lowest BCUT2D eigenvalue weighted by molar-refractivity contribution is -0.142. The molecule has 2 unspecified atom stereocenters. The smallest absolute Gasteiger partial charge is 0.331 e. The average molecular weight is 254 g/mol. The third-order valence-electron chi connectivity index (χ3n) is 2.74. The van der Waals surface area contributed by atoms with Crippen molar-refractivity contribution in [3.63, 3.8) is 0 Å². The summed E-state index contributed by atoms with van der Waals surface area (Å²) in [5, 5.41) is 16.5. The molecule has 1 aliphatic heterocycles. The number of hydrogen-bond donors (Lipinski definition) is 3. The van der Waals surface area contributed by atoms with E-state index >= 15 is 0 Å². The highest BCUT2D eigenvalue weighted by Gasteiger charge is 2.28. The van der Waals surface area contributed by atoms with Crippen LogP contribution < -0.4 is 10.6 Å². The molecular formula is C11H14N2O3S. The van der Waals surface area contributed by atoms with E-state index in [4.69, 9.17) is 5.11 Å². The van der Waals surface area contributed by atoms with Gasteiger partial charge in [0.1, 0.15) is 0 Å². The Labute approximate surface area is 103 Å². The molecule has 0 saturated carbocycles. The second-order valence-electron chi connectivity index (χ2n) is 3.94. The molecule has 17 heavy (non-hydrogen) atoms. The average Bonchev–Trinajstić information content (AvgIpc) is 2.97. The zero-order chi connectivity index (χ0) is 12.3. The van der Waals surface area contributed by atoms with E-state index in [1.165, 1.54) is 11.3 Å². The van der Waals surface area contributed by atoms with Crippen LogP contribution in [0.1, 0.15) is 23.8 Å². The minimum absolute atomic E-state index is 0.233. The number of amides is 1. The molecule has 5 nitrogen and oxygen atoms in total. The molecule has 1 aromatic heterocycles. The van der Waals surface area contributed by atoms with E-state index in [-0.39, 0.29) is 11.9 Å². The third kappa shape index (κ3) is 2.83. The number of thiophene rings is 1. The summed E-state index contributed by atoms with van der Waals surface area (Å²) in [5.41, 5.74) is 0. The van der Waals surface area contributed by atoms with E-state index in [1.54, 1.807) is 17.5 Å². The van der Waals surface area contributed by atoms with Gasteiger partial charge in [0.05, 0.1) is 6.04 Å². The van der Waals surface area contributed by atoms with Crippen LogP contribution in [0.4, 0.5) is 0 Å². The van der Waals surface area contributed by atoms with Gasteiger partial charge in [-0.15, -0.1) is 11.3 Å². The van der Waals surface area contributed by atoms with Gasteiger partial charge in [-0.1, -0.05) is 6.07 Å². The van der Waals surface area contributed by atoms with Gasteiger partial charge in [0.25, 0.3) is 0 Å². The van der Waals surface area contributed by atoms with E-state index in [0.717, 1.165) is 19.4 Å². The van der Waals surface area contributed by atoms with Gasteiger partial charge in [-0.05, 0) is 30.8 Å². The Hall–Kier alpha value is -1.40. The Kier molecular flexibility index (Phi) is 3.75. The Morgan fingerprint density at radius 2 is 2.41 bits per heavy atom. The van der Waals surface area contributed by atoms with Gasteiger partial charge in [-0.25, -0.2) is 4.79 Å². The fourth-order valence-corrected chi connectivity index (χ4v) is 2.63. The molecule has 2 heterocycles. The van der Waals surface area contributed by atoms with E-state index < -0.39 is 12.0 Å². The quantitative estimate of drug-likeness (QED) is 0.740. The van der Waals surface area contributed by atoms with Crippen molar-refractivity contribution in [1.29, 1.82) is 0 Å². The summed E-state index contributed by atoms with van der Waals surface area (Å²) in [6, 6.07) is 2.29. The maximum Gasteiger partial charge on any atom is 0.331 e. The van der Waals surface area contributed by atoms with Gasteiger partial charge in [-0.2, -0.15) is 0 Å². The van der Waals surface area contributed by atoms with Crippen molar-refractivity contribution in [2.24, 2.45) is 0 Å². The molecule has 2 atom stereocenters. The van der Waals surface area contributed by atoms with Gasteiger partial charge in [0.15, 0.2) is 6.04 Å². The van der Waals surface area contributed by atoms with Crippen LogP contribution in [0, 0.1) is 0 Å². The van der Waals surface area contributed by atoms with Crippen LogP contribution in [0.2, 0.25) is 0 Å². The van der Waals surface area contributed by atoms with Gasteiger partial charge in [0.2, 0.25) is 5.91 Å². The predicted octanol–water partition coefficient (Wildman–Crippen LogP) is 0.742. The van der Waals surface area contributed by atoms with Crippen LogP contribution in [-0.2, 0) is 9.59 Å². The molecule has 1 aromatic rings. The zero-order valence-corrected chi connectivity index (χ0v) is 10.00. The Bertz CT molecular complexity index is 399. The lowest BCUT2D eigenvalue weighted by Gasteiger charge is -2.16. The summed E-state index contributed by atoms with van der Waals surface area (Å²) in [5.74, 6) is -1.26. The molecule has 0 bridgehead atoms. The molecule has 1 amide bonds. The largest absolute Gasteiger partial charge is 0.479 e. The SMILES string of the molecule is O=C(NC(C(=O)O)c1cccs1)C1CCCN1. The van der Waals surface area contributed by atoms with Crippen molar-refractivity contribution in [2.45, 2.75) is 24.9 Å². The molecule has 1 aliphatic rings. The number of carbonyl (C=O) groups excluding carboxylic acids is 1. The molecule has 3 N–H and O–H groups in total. The lowest BCUT2D eigenvalue weighted by atomic mass is 10.2. The van der Waals surface area contributed by atoms with Gasteiger partial charge < -0.3 is 15.7 Å². The highest BCUT2D eigenvalue weighted by molar-refractivity contribution is 7.10. The van der Waals surface area contributed by atoms with Crippen molar-refractivity contribution in [1.82, 2.24) is 10.6 Å². The summed E-state index contributed by atoms with van der Waals surface area (Å²) in [4.78, 5) is 23.6. The minimum Gasteiger partial charge on any atom is -0.479 e. The molecular weight excluding hydrogens is 240 g/mol. The molecule has 0 radical (unpaired) electrons. The zero-order valence-electron chi connectivity index (χ0n) is 9.18. The number of rotatable bonds is 4. The number of carboxylic acid groups (broad SMARTS) is 1. The van der Waals surface area contributed by atoms with E-state index in [1.807, 2.05) is 0 Å². The standard InChI is InChI=1S/C11H14N2O3S/c14-10(7-3-1-5-12-7)13-9(11(15)16)8-4-2-6-17-8/h2,4,6-7,9,12H,1,3,5H2,(H,13,14)(H,15,16). The molecule has 92 valence electrons. The van der Waals surface area contributed by atoms with Crippen LogP contribution in [0.15, 0.2) is 17.5 Å². The van der Waals surface area contributed by atoms with Crippen LogP contribution >= 0.6 is 11.3 Å². The Morgan fingerprint density at radius 1 is 1.59 bits per heavy atom.